The molecule has 2 atom stereocenters. The van der Waals surface area contributed by atoms with Crippen LogP contribution in [0.15, 0.2) is 46.0 Å². The van der Waals surface area contributed by atoms with E-state index in [0.29, 0.717) is 61.3 Å². The lowest BCUT2D eigenvalue weighted by Crippen LogP contribution is -2.51. The van der Waals surface area contributed by atoms with Gasteiger partial charge in [0, 0.05) is 64.3 Å². The highest BCUT2D eigenvalue weighted by atomic mass is 16.7. The van der Waals surface area contributed by atoms with Crippen LogP contribution in [-0.4, -0.2) is 131 Å². The Morgan fingerprint density at radius 3 is 2.00 bits per heavy atom. The predicted octanol–water partition coefficient (Wildman–Crippen LogP) is 1.55. The van der Waals surface area contributed by atoms with E-state index in [2.05, 4.69) is 10.6 Å². The Morgan fingerprint density at radius 1 is 0.841 bits per heavy atom. The van der Waals surface area contributed by atoms with Gasteiger partial charge in [0.2, 0.25) is 17.7 Å². The number of ether oxygens (including phenoxy) is 3. The van der Waals surface area contributed by atoms with Crippen LogP contribution < -0.4 is 21.9 Å². The molecule has 346 valence electrons. The Labute approximate surface area is 366 Å². The first-order valence-electron chi connectivity index (χ1n) is 21.5. The summed E-state index contributed by atoms with van der Waals surface area (Å²) in [6, 6.07) is 5.14. The summed E-state index contributed by atoms with van der Waals surface area (Å²) in [5.41, 5.74) is 0.304. The number of nitrogens with one attached hydrogen (secondary N) is 2. The van der Waals surface area contributed by atoms with Gasteiger partial charge in [-0.15, -0.1) is 0 Å². The first kappa shape index (κ1) is 50.1. The van der Waals surface area contributed by atoms with Gasteiger partial charge in [-0.1, -0.05) is 51.0 Å². The number of aromatic nitrogens is 2. The van der Waals surface area contributed by atoms with Crippen LogP contribution in [0.2, 0.25) is 0 Å². The zero-order valence-corrected chi connectivity index (χ0v) is 37.0. The lowest BCUT2D eigenvalue weighted by Gasteiger charge is -2.37. The third kappa shape index (κ3) is 13.7. The van der Waals surface area contributed by atoms with Crippen molar-refractivity contribution in [2.75, 3.05) is 59.3 Å². The monoisotopic (exact) mass is 882 g/mol. The molecular weight excluding hydrogens is 821 g/mol. The van der Waals surface area contributed by atoms with Crippen LogP contribution in [0.25, 0.3) is 11.1 Å². The summed E-state index contributed by atoms with van der Waals surface area (Å²) in [7, 11) is 3.00. The molecule has 0 bridgehead atoms. The first-order valence-corrected chi connectivity index (χ1v) is 21.5. The molecule has 1 aromatic carbocycles. The zero-order valence-electron chi connectivity index (χ0n) is 37.0. The molecule has 5 amide bonds. The Morgan fingerprint density at radius 2 is 1.43 bits per heavy atom. The van der Waals surface area contributed by atoms with E-state index in [4.69, 9.17) is 19.0 Å². The zero-order chi connectivity index (χ0) is 46.1. The molecule has 3 N–H and O–H groups in total. The highest BCUT2D eigenvalue weighted by Crippen LogP contribution is 2.44. The lowest BCUT2D eigenvalue weighted by molar-refractivity contribution is -0.209. The van der Waals surface area contributed by atoms with Crippen LogP contribution >= 0.6 is 0 Å². The van der Waals surface area contributed by atoms with Gasteiger partial charge in [0.15, 0.2) is 0 Å². The number of nitrogens with zero attached hydrogens (tertiary/aromatic N) is 4. The fraction of sp³-hybridized carbons (Fsp3) is 0.591. The van der Waals surface area contributed by atoms with Crippen LogP contribution in [0, 0.1) is 12.3 Å². The maximum atomic E-state index is 14.1. The van der Waals surface area contributed by atoms with Gasteiger partial charge >= 0.3 is 11.7 Å². The number of carboxylic acid groups (broad SMARTS) is 1. The molecule has 2 heterocycles. The maximum Gasteiger partial charge on any atom is 0.330 e. The van der Waals surface area contributed by atoms with Crippen molar-refractivity contribution in [3.63, 3.8) is 0 Å². The second-order valence-corrected chi connectivity index (χ2v) is 15.7. The molecule has 0 spiro atoms. The highest BCUT2D eigenvalue weighted by Gasteiger charge is 2.45. The SMILES string of the molecule is CCC(=O)N(OCCOCCOCCOCCNC(=O)CCN1C(=O)C=CC1=O)C(CC)CC1(C(=O)N[C@@H](Cc2ccc(-c3c(C)n(C)c(=O)n(C)c3=O)cc2)C(=O)O)CCCC1. The van der Waals surface area contributed by atoms with Crippen LogP contribution in [0.3, 0.4) is 0 Å². The van der Waals surface area contributed by atoms with Crippen LogP contribution in [0.4, 0.5) is 0 Å². The number of carbonyl (C=O) groups excluding carboxylic acids is 5. The summed E-state index contributed by atoms with van der Waals surface area (Å²) in [6.45, 7) is 7.28. The molecule has 2 aliphatic rings. The van der Waals surface area contributed by atoms with Crippen molar-refractivity contribution >= 4 is 35.5 Å². The van der Waals surface area contributed by atoms with Gasteiger partial charge in [0.25, 0.3) is 17.4 Å². The number of carboxylic acids is 1. The minimum Gasteiger partial charge on any atom is -0.480 e. The molecule has 19 heteroatoms. The van der Waals surface area contributed by atoms with Crippen molar-refractivity contribution in [1.29, 1.82) is 0 Å². The molecular formula is C44H62N6O13. The van der Waals surface area contributed by atoms with Gasteiger partial charge < -0.3 is 34.5 Å². The topological polar surface area (TPSA) is 234 Å². The van der Waals surface area contributed by atoms with Crippen LogP contribution in [-0.2, 0) is 68.3 Å². The summed E-state index contributed by atoms with van der Waals surface area (Å²) in [6.07, 6.45) is 5.95. The summed E-state index contributed by atoms with van der Waals surface area (Å²) < 4.78 is 19.1. The molecule has 63 heavy (non-hydrogen) atoms. The number of hydroxylamine groups is 2. The van der Waals surface area contributed by atoms with Gasteiger partial charge in [0.05, 0.1) is 63.3 Å². The van der Waals surface area contributed by atoms with Gasteiger partial charge in [-0.05, 0) is 43.7 Å². The fourth-order valence-electron chi connectivity index (χ4n) is 7.74. The Hall–Kier alpha value is -5.50. The van der Waals surface area contributed by atoms with E-state index in [0.717, 1.165) is 22.3 Å². The number of aliphatic carboxylic acids is 1. The van der Waals surface area contributed by atoms with E-state index in [1.807, 2.05) is 6.92 Å². The van der Waals surface area contributed by atoms with Crippen LogP contribution in [0.1, 0.15) is 76.5 Å². The third-order valence-corrected chi connectivity index (χ3v) is 11.5. The first-order chi connectivity index (χ1) is 30.1. The number of benzene rings is 1. The molecule has 1 fully saturated rings. The lowest BCUT2D eigenvalue weighted by atomic mass is 9.78. The minimum absolute atomic E-state index is 0.00171. The summed E-state index contributed by atoms with van der Waals surface area (Å²) in [4.78, 5) is 107. The highest BCUT2D eigenvalue weighted by molar-refractivity contribution is 6.13. The molecule has 1 aliphatic heterocycles. The standard InChI is InChI=1S/C44H62N6O13/c1-6-33(50(36(52)7-2)63-27-26-62-25-24-61-23-22-60-21-19-45-35(51)16-20-49-37(53)14-15-38(49)54)29-44(17-8-9-18-44)42(58)46-34(41(56)57)28-31-10-12-32(13-11-31)39-30(3)47(4)43(59)48(5)40(39)55/h10-15,33-34H,6-9,16-29H2,1-5H3,(H,45,51)(H,46,58)(H,56,57)/t33?,34-/m0/s1. The summed E-state index contributed by atoms with van der Waals surface area (Å²) >= 11 is 0. The predicted molar refractivity (Wildman–Crippen MR) is 229 cm³/mol. The van der Waals surface area contributed by atoms with Gasteiger partial charge in [-0.2, -0.15) is 0 Å². The van der Waals surface area contributed by atoms with Crippen molar-refractivity contribution in [3.8, 4) is 11.1 Å². The van der Waals surface area contributed by atoms with E-state index in [1.54, 1.807) is 45.2 Å². The van der Waals surface area contributed by atoms with Crippen molar-refractivity contribution < 1.29 is 52.9 Å². The normalized spacial score (nSPS) is 15.4. The van der Waals surface area contributed by atoms with E-state index < -0.39 is 46.5 Å². The number of imide groups is 1. The van der Waals surface area contributed by atoms with Gasteiger partial charge in [0.1, 0.15) is 6.04 Å². The molecule has 0 radical (unpaired) electrons. The van der Waals surface area contributed by atoms with Crippen LogP contribution in [0.5, 0.6) is 0 Å². The Kier molecular flexibility index (Phi) is 19.4. The molecule has 1 aromatic heterocycles. The summed E-state index contributed by atoms with van der Waals surface area (Å²) in [5, 5.41) is 17.0. The average molecular weight is 883 g/mol. The quantitative estimate of drug-likeness (QED) is 0.0658. The molecule has 2 aromatic rings. The molecule has 1 unspecified atom stereocenters. The molecule has 4 rings (SSSR count). The number of hydrogen-bond acceptors (Lipinski definition) is 12. The smallest absolute Gasteiger partial charge is 0.330 e. The number of hydrogen-bond donors (Lipinski definition) is 3. The minimum atomic E-state index is -1.23. The van der Waals surface area contributed by atoms with Crippen molar-refractivity contribution in [3.05, 3.63) is 68.5 Å². The molecule has 0 saturated heterocycles. The van der Waals surface area contributed by atoms with E-state index in [-0.39, 0.29) is 83.1 Å². The average Bonchev–Trinajstić information content (AvgIpc) is 3.89. The number of amides is 5. The molecule has 1 saturated carbocycles. The van der Waals surface area contributed by atoms with Crippen molar-refractivity contribution in [2.45, 2.75) is 90.6 Å². The molecule has 19 nitrogen and oxygen atoms in total. The van der Waals surface area contributed by atoms with E-state index in [1.165, 1.54) is 28.8 Å². The second kappa shape index (κ2) is 24.4. The molecule has 1 aliphatic carbocycles. The number of carbonyl (C=O) groups is 6. The van der Waals surface area contributed by atoms with Crippen molar-refractivity contribution in [1.82, 2.24) is 29.7 Å². The summed E-state index contributed by atoms with van der Waals surface area (Å²) in [5.74, 6) is -2.97. The largest absolute Gasteiger partial charge is 0.480 e. The Balaban J connectivity index is 1.20. The fourth-order valence-corrected chi connectivity index (χ4v) is 7.74. The second-order valence-electron chi connectivity index (χ2n) is 15.7. The van der Waals surface area contributed by atoms with Gasteiger partial charge in [-0.3, -0.25) is 43.1 Å². The van der Waals surface area contributed by atoms with Gasteiger partial charge in [-0.25, -0.2) is 14.7 Å². The maximum absolute atomic E-state index is 14.1. The Bertz CT molecular complexity index is 2050. The van der Waals surface area contributed by atoms with E-state index in [9.17, 15) is 43.5 Å². The number of rotatable bonds is 27. The van der Waals surface area contributed by atoms with Crippen molar-refractivity contribution in [2.24, 2.45) is 19.5 Å². The third-order valence-electron chi connectivity index (χ3n) is 11.5. The van der Waals surface area contributed by atoms with E-state index >= 15 is 0 Å².